The number of pyridine rings is 1. The molecule has 0 saturated carbocycles. The molecule has 0 amide bonds. The van der Waals surface area contributed by atoms with Gasteiger partial charge in [0.1, 0.15) is 0 Å². The van der Waals surface area contributed by atoms with E-state index in [0.717, 1.165) is 73.3 Å². The number of rotatable bonds is 10. The summed E-state index contributed by atoms with van der Waals surface area (Å²) in [4.78, 5) is 10.1. The minimum atomic E-state index is 0.903. The van der Waals surface area contributed by atoms with Crippen molar-refractivity contribution in [2.45, 2.75) is 0 Å². The average molecular weight is 768 g/mol. The third-order valence-corrected chi connectivity index (χ3v) is 11.0. The van der Waals surface area contributed by atoms with Gasteiger partial charge in [0.2, 0.25) is 0 Å². The van der Waals surface area contributed by atoms with Gasteiger partial charge in [-0.25, -0.2) is 4.98 Å². The van der Waals surface area contributed by atoms with Gasteiger partial charge in [-0.3, -0.25) is 0 Å². The summed E-state index contributed by atoms with van der Waals surface area (Å²) in [5, 5.41) is 2.38. The fraction of sp³-hybridized carbons (Fsp3) is 0. The van der Waals surface area contributed by atoms with E-state index < -0.39 is 0 Å². The van der Waals surface area contributed by atoms with Gasteiger partial charge in [-0.1, -0.05) is 182 Å². The van der Waals surface area contributed by atoms with E-state index in [1.54, 1.807) is 0 Å². The molecule has 0 fully saturated rings. The van der Waals surface area contributed by atoms with E-state index in [-0.39, 0.29) is 0 Å². The molecule has 10 aromatic rings. The molecule has 3 nitrogen and oxygen atoms in total. The molecule has 1 aromatic heterocycles. The summed E-state index contributed by atoms with van der Waals surface area (Å²) in [6, 6.07) is 88.5. The third-order valence-electron chi connectivity index (χ3n) is 11.0. The Balaban J connectivity index is 1.28. The normalized spacial score (nSPS) is 11.0. The Morgan fingerprint density at radius 1 is 0.250 bits per heavy atom. The summed E-state index contributed by atoms with van der Waals surface area (Å²) in [7, 11) is 0. The largest absolute Gasteiger partial charge is 0.310 e. The molecule has 0 radical (unpaired) electrons. The number of nitrogens with zero attached hydrogens (tertiary/aromatic N) is 3. The van der Waals surface area contributed by atoms with Crippen molar-refractivity contribution in [3.63, 3.8) is 0 Å². The lowest BCUT2D eigenvalue weighted by Crippen LogP contribution is -2.16. The zero-order valence-corrected chi connectivity index (χ0v) is 33.0. The van der Waals surface area contributed by atoms with Gasteiger partial charge in [0.05, 0.1) is 28.5 Å². The number of hydrogen-bond donors (Lipinski definition) is 0. The van der Waals surface area contributed by atoms with Gasteiger partial charge in [0, 0.05) is 33.8 Å². The van der Waals surface area contributed by atoms with Crippen molar-refractivity contribution < 1.29 is 0 Å². The van der Waals surface area contributed by atoms with Crippen LogP contribution in [0.15, 0.2) is 249 Å². The molecule has 0 aliphatic carbocycles. The topological polar surface area (TPSA) is 19.4 Å². The number of para-hydroxylation sites is 2. The molecule has 284 valence electrons. The minimum absolute atomic E-state index is 0.903. The predicted molar refractivity (Wildman–Crippen MR) is 253 cm³/mol. The molecule has 60 heavy (non-hydrogen) atoms. The second kappa shape index (κ2) is 16.5. The Bertz CT molecular complexity index is 2960. The lowest BCUT2D eigenvalue weighted by atomic mass is 9.95. The van der Waals surface area contributed by atoms with Crippen molar-refractivity contribution in [1.29, 1.82) is 0 Å². The van der Waals surface area contributed by atoms with Crippen molar-refractivity contribution in [2.75, 3.05) is 9.80 Å². The van der Waals surface area contributed by atoms with Gasteiger partial charge in [-0.05, 0) is 94.2 Å². The van der Waals surface area contributed by atoms with Crippen LogP contribution in [-0.4, -0.2) is 4.98 Å². The quantitative estimate of drug-likeness (QED) is 0.138. The smallest absolute Gasteiger partial charge is 0.0730 e. The zero-order valence-electron chi connectivity index (χ0n) is 33.0. The fourth-order valence-electron chi connectivity index (χ4n) is 8.16. The van der Waals surface area contributed by atoms with Crippen molar-refractivity contribution >= 4 is 44.9 Å². The van der Waals surface area contributed by atoms with E-state index in [4.69, 9.17) is 4.98 Å². The summed E-state index contributed by atoms with van der Waals surface area (Å²) in [6.07, 6.45) is 0. The van der Waals surface area contributed by atoms with E-state index in [9.17, 15) is 0 Å². The van der Waals surface area contributed by atoms with Gasteiger partial charge in [-0.2, -0.15) is 0 Å². The molecule has 0 unspecified atom stereocenters. The molecule has 10 rings (SSSR count). The summed E-state index contributed by atoms with van der Waals surface area (Å²) >= 11 is 0. The maximum absolute atomic E-state index is 5.28. The van der Waals surface area contributed by atoms with Crippen LogP contribution in [0.1, 0.15) is 0 Å². The molecule has 0 N–H and O–H groups in total. The van der Waals surface area contributed by atoms with Crippen molar-refractivity contribution in [1.82, 2.24) is 4.98 Å². The maximum Gasteiger partial charge on any atom is 0.0730 e. The Hall–Kier alpha value is -8.01. The van der Waals surface area contributed by atoms with Crippen LogP contribution in [0, 0.1) is 0 Å². The van der Waals surface area contributed by atoms with Crippen molar-refractivity contribution in [3.05, 3.63) is 249 Å². The van der Waals surface area contributed by atoms with E-state index in [2.05, 4.69) is 259 Å². The summed E-state index contributed by atoms with van der Waals surface area (Å²) in [5.41, 5.74) is 14.7. The van der Waals surface area contributed by atoms with E-state index in [1.807, 2.05) is 0 Å². The monoisotopic (exact) mass is 767 g/mol. The molecular formula is C57H41N3. The number of fused-ring (bicyclic) bond motifs is 1. The summed E-state index contributed by atoms with van der Waals surface area (Å²) < 4.78 is 0. The molecule has 9 aromatic carbocycles. The average Bonchev–Trinajstić information content (AvgIpc) is 3.33. The Morgan fingerprint density at radius 3 is 1.25 bits per heavy atom. The van der Waals surface area contributed by atoms with Crippen LogP contribution in [0.25, 0.3) is 55.5 Å². The maximum atomic E-state index is 5.28. The SMILES string of the molecule is c1ccc(-c2cccc(N(c3ccccc3)c3cccc(N(c4ccccc4)c4cc(-c5ccccc5)nc(-c5ccccc5)c4)c3-c3ccc4ccccc4c3)c2)cc1. The molecule has 0 aliphatic rings. The third kappa shape index (κ3) is 7.32. The molecule has 0 bridgehead atoms. The molecule has 1 heterocycles. The van der Waals surface area contributed by atoms with E-state index in [1.165, 1.54) is 16.3 Å². The highest BCUT2D eigenvalue weighted by molar-refractivity contribution is 6.01. The van der Waals surface area contributed by atoms with E-state index >= 15 is 0 Å². The van der Waals surface area contributed by atoms with Gasteiger partial charge >= 0.3 is 0 Å². The minimum Gasteiger partial charge on any atom is -0.310 e. The first-order valence-electron chi connectivity index (χ1n) is 20.4. The molecular weight excluding hydrogens is 727 g/mol. The van der Waals surface area contributed by atoms with Gasteiger partial charge in [-0.15, -0.1) is 0 Å². The van der Waals surface area contributed by atoms with Crippen LogP contribution in [0.4, 0.5) is 34.1 Å². The molecule has 0 spiro atoms. The second-order valence-corrected chi connectivity index (χ2v) is 14.8. The van der Waals surface area contributed by atoms with Gasteiger partial charge < -0.3 is 9.80 Å². The number of hydrogen-bond acceptors (Lipinski definition) is 3. The molecule has 0 saturated heterocycles. The Morgan fingerprint density at radius 2 is 0.683 bits per heavy atom. The number of benzene rings is 9. The summed E-state index contributed by atoms with van der Waals surface area (Å²) in [5.74, 6) is 0. The fourth-order valence-corrected chi connectivity index (χ4v) is 8.16. The van der Waals surface area contributed by atoms with Crippen molar-refractivity contribution in [2.24, 2.45) is 0 Å². The molecule has 0 aliphatic heterocycles. The number of aromatic nitrogens is 1. The second-order valence-electron chi connectivity index (χ2n) is 14.8. The van der Waals surface area contributed by atoms with Gasteiger partial charge in [0.25, 0.3) is 0 Å². The van der Waals surface area contributed by atoms with Crippen LogP contribution in [0.5, 0.6) is 0 Å². The van der Waals surface area contributed by atoms with Crippen molar-refractivity contribution in [3.8, 4) is 44.8 Å². The zero-order chi connectivity index (χ0) is 40.1. The predicted octanol–water partition coefficient (Wildman–Crippen LogP) is 15.8. The lowest BCUT2D eigenvalue weighted by Gasteiger charge is -2.33. The Labute approximate surface area is 351 Å². The van der Waals surface area contributed by atoms with Gasteiger partial charge in [0.15, 0.2) is 0 Å². The first-order chi connectivity index (χ1) is 29.8. The first kappa shape index (κ1) is 36.3. The number of anilines is 6. The highest BCUT2D eigenvalue weighted by atomic mass is 15.2. The Kier molecular flexibility index (Phi) is 9.97. The van der Waals surface area contributed by atoms with Crippen LogP contribution in [0.3, 0.4) is 0 Å². The standard InChI is InChI=1S/C57H41N3/c1-6-20-42(21-7-1)47-28-18-33-51(39-47)59(49-29-12-4-13-30-49)55-34-19-35-56(57(55)48-37-36-43-22-16-17-27-46(43)38-48)60(50-31-14-5-15-32-50)52-40-53(44-23-8-2-9-24-44)58-54(41-52)45-25-10-3-11-26-45/h1-41H. The van der Waals surface area contributed by atoms with Crippen LogP contribution < -0.4 is 9.80 Å². The van der Waals surface area contributed by atoms with Crippen LogP contribution >= 0.6 is 0 Å². The first-order valence-corrected chi connectivity index (χ1v) is 20.4. The highest BCUT2D eigenvalue weighted by Gasteiger charge is 2.25. The highest BCUT2D eigenvalue weighted by Crippen LogP contribution is 2.50. The van der Waals surface area contributed by atoms with Crippen LogP contribution in [-0.2, 0) is 0 Å². The molecule has 3 heteroatoms. The van der Waals surface area contributed by atoms with E-state index in [0.29, 0.717) is 0 Å². The van der Waals surface area contributed by atoms with Crippen LogP contribution in [0.2, 0.25) is 0 Å². The lowest BCUT2D eigenvalue weighted by molar-refractivity contribution is 1.23. The summed E-state index contributed by atoms with van der Waals surface area (Å²) in [6.45, 7) is 0. The molecule has 0 atom stereocenters.